The van der Waals surface area contributed by atoms with Gasteiger partial charge >= 0.3 is 0 Å². The number of hydrogen-bond acceptors (Lipinski definition) is 5. The molecule has 0 saturated carbocycles. The summed E-state index contributed by atoms with van der Waals surface area (Å²) in [6.45, 7) is 2.89. The summed E-state index contributed by atoms with van der Waals surface area (Å²) in [5, 5.41) is 10.6. The van der Waals surface area contributed by atoms with E-state index in [2.05, 4.69) is 9.97 Å². The predicted octanol–water partition coefficient (Wildman–Crippen LogP) is 3.53. The van der Waals surface area contributed by atoms with E-state index in [9.17, 15) is 5.11 Å². The van der Waals surface area contributed by atoms with Crippen LogP contribution in [0.15, 0.2) is 48.9 Å². The molecule has 1 aromatic heterocycles. The van der Waals surface area contributed by atoms with Gasteiger partial charge in [0, 0.05) is 0 Å². The summed E-state index contributed by atoms with van der Waals surface area (Å²) in [7, 11) is 3.23. The molecule has 2 aromatic carbocycles. The lowest BCUT2D eigenvalue weighted by Crippen LogP contribution is -2.05. The third-order valence-corrected chi connectivity index (χ3v) is 4.57. The molecule has 0 aliphatic rings. The fourth-order valence-corrected chi connectivity index (χ4v) is 2.99. The van der Waals surface area contributed by atoms with Crippen molar-refractivity contribution < 1.29 is 19.3 Å². The van der Waals surface area contributed by atoms with E-state index in [0.29, 0.717) is 30.4 Å². The highest BCUT2D eigenvalue weighted by molar-refractivity contribution is 5.42. The maximum absolute atomic E-state index is 10.6. The molecule has 6 nitrogen and oxygen atoms in total. The van der Waals surface area contributed by atoms with Crippen molar-refractivity contribution in [3.05, 3.63) is 76.9 Å². The van der Waals surface area contributed by atoms with Crippen LogP contribution >= 0.6 is 0 Å². The molecule has 142 valence electrons. The van der Waals surface area contributed by atoms with E-state index >= 15 is 0 Å². The molecule has 1 heterocycles. The predicted molar refractivity (Wildman–Crippen MR) is 102 cm³/mol. The first-order chi connectivity index (χ1) is 13.1. The first-order valence-corrected chi connectivity index (χ1v) is 8.67. The van der Waals surface area contributed by atoms with Gasteiger partial charge in [-0.2, -0.15) is 0 Å². The van der Waals surface area contributed by atoms with Crippen LogP contribution in [0.5, 0.6) is 11.5 Å². The highest BCUT2D eigenvalue weighted by atomic mass is 16.5. The van der Waals surface area contributed by atoms with Crippen LogP contribution < -0.4 is 9.47 Å². The largest absolute Gasteiger partial charge is 0.493 e. The second kappa shape index (κ2) is 8.70. The van der Waals surface area contributed by atoms with Gasteiger partial charge in [0.15, 0.2) is 11.5 Å². The summed E-state index contributed by atoms with van der Waals surface area (Å²) in [6, 6.07) is 11.6. The van der Waals surface area contributed by atoms with Crippen LogP contribution in [0.3, 0.4) is 0 Å². The number of ether oxygens (including phenoxy) is 3. The van der Waals surface area contributed by atoms with E-state index in [4.69, 9.17) is 14.2 Å². The SMILES string of the molecule is COc1ccc(COCc2cccc(C(O)c3cnc[nH]3)c2C)cc1OC. The molecule has 3 aromatic rings. The number of benzene rings is 2. The van der Waals surface area contributed by atoms with Gasteiger partial charge in [-0.3, -0.25) is 0 Å². The zero-order valence-corrected chi connectivity index (χ0v) is 15.7. The molecule has 0 fully saturated rings. The van der Waals surface area contributed by atoms with Crippen molar-refractivity contribution in [3.8, 4) is 11.5 Å². The lowest BCUT2D eigenvalue weighted by atomic mass is 9.97. The molecule has 0 saturated heterocycles. The zero-order chi connectivity index (χ0) is 19.2. The molecule has 1 unspecified atom stereocenters. The highest BCUT2D eigenvalue weighted by Crippen LogP contribution is 2.28. The van der Waals surface area contributed by atoms with Crippen molar-refractivity contribution >= 4 is 0 Å². The van der Waals surface area contributed by atoms with Crippen LogP contribution in [-0.4, -0.2) is 29.3 Å². The molecule has 1 atom stereocenters. The molecule has 0 spiro atoms. The summed E-state index contributed by atoms with van der Waals surface area (Å²) < 4.78 is 16.5. The summed E-state index contributed by atoms with van der Waals surface area (Å²) >= 11 is 0. The Morgan fingerprint density at radius 2 is 1.89 bits per heavy atom. The average Bonchev–Trinajstić information content (AvgIpc) is 3.23. The fraction of sp³-hybridized carbons (Fsp3) is 0.286. The Morgan fingerprint density at radius 1 is 1.07 bits per heavy atom. The number of nitrogens with one attached hydrogen (secondary N) is 1. The third-order valence-electron chi connectivity index (χ3n) is 4.57. The Labute approximate surface area is 158 Å². The van der Waals surface area contributed by atoms with Crippen molar-refractivity contribution in [2.24, 2.45) is 0 Å². The summed E-state index contributed by atoms with van der Waals surface area (Å²) in [5.41, 5.74) is 4.55. The molecule has 0 bridgehead atoms. The number of hydrogen-bond donors (Lipinski definition) is 2. The minimum Gasteiger partial charge on any atom is -0.493 e. The number of aromatic amines is 1. The molecule has 2 N–H and O–H groups in total. The van der Waals surface area contributed by atoms with Gasteiger partial charge in [0.1, 0.15) is 6.10 Å². The number of aromatic nitrogens is 2. The van der Waals surface area contributed by atoms with Crippen molar-refractivity contribution in [2.45, 2.75) is 26.2 Å². The molecule has 0 aliphatic heterocycles. The van der Waals surface area contributed by atoms with Crippen LogP contribution in [0, 0.1) is 6.92 Å². The van der Waals surface area contributed by atoms with Crippen molar-refractivity contribution in [2.75, 3.05) is 14.2 Å². The lowest BCUT2D eigenvalue weighted by Gasteiger charge is -2.16. The second-order valence-corrected chi connectivity index (χ2v) is 6.22. The van der Waals surface area contributed by atoms with E-state index in [-0.39, 0.29) is 0 Å². The monoisotopic (exact) mass is 368 g/mol. The molecular weight excluding hydrogens is 344 g/mol. The maximum Gasteiger partial charge on any atom is 0.161 e. The minimum absolute atomic E-state index is 0.448. The number of nitrogens with zero attached hydrogens (tertiary/aromatic N) is 1. The van der Waals surface area contributed by atoms with Crippen LogP contribution in [0.25, 0.3) is 0 Å². The molecule has 0 radical (unpaired) electrons. The van der Waals surface area contributed by atoms with Gasteiger partial charge in [-0.15, -0.1) is 0 Å². The fourth-order valence-electron chi connectivity index (χ4n) is 2.99. The molecule has 6 heteroatoms. The van der Waals surface area contributed by atoms with Crippen molar-refractivity contribution in [1.82, 2.24) is 9.97 Å². The van der Waals surface area contributed by atoms with Crippen LogP contribution in [-0.2, 0) is 18.0 Å². The average molecular weight is 368 g/mol. The van der Waals surface area contributed by atoms with E-state index in [1.165, 1.54) is 0 Å². The van der Waals surface area contributed by atoms with E-state index in [1.807, 2.05) is 43.3 Å². The van der Waals surface area contributed by atoms with Gasteiger partial charge in [-0.25, -0.2) is 4.98 Å². The maximum atomic E-state index is 10.6. The van der Waals surface area contributed by atoms with Gasteiger partial charge in [-0.1, -0.05) is 24.3 Å². The first kappa shape index (κ1) is 18.9. The van der Waals surface area contributed by atoms with E-state index < -0.39 is 6.10 Å². The van der Waals surface area contributed by atoms with Crippen molar-refractivity contribution in [3.63, 3.8) is 0 Å². The van der Waals surface area contributed by atoms with Crippen LogP contribution in [0.1, 0.15) is 34.1 Å². The number of aliphatic hydroxyl groups excluding tert-OH is 1. The summed E-state index contributed by atoms with van der Waals surface area (Å²) in [5.74, 6) is 1.37. The van der Waals surface area contributed by atoms with Gasteiger partial charge in [0.05, 0.1) is 45.7 Å². The Balaban J connectivity index is 1.67. The standard InChI is InChI=1S/C21H24N2O4/c1-14-16(5-4-6-17(14)21(24)18-10-22-13-23-18)12-27-11-15-7-8-19(25-2)20(9-15)26-3/h4-10,13,21,24H,11-12H2,1-3H3,(H,22,23). The number of aliphatic hydroxyl groups is 1. The van der Waals surface area contributed by atoms with Gasteiger partial charge in [0.2, 0.25) is 0 Å². The Bertz CT molecular complexity index is 878. The minimum atomic E-state index is -0.738. The Morgan fingerprint density at radius 3 is 2.59 bits per heavy atom. The van der Waals surface area contributed by atoms with Crippen LogP contribution in [0.4, 0.5) is 0 Å². The molecule has 0 aliphatic carbocycles. The summed E-state index contributed by atoms with van der Waals surface area (Å²) in [6.07, 6.45) is 2.45. The molecule has 3 rings (SSSR count). The van der Waals surface area contributed by atoms with Crippen LogP contribution in [0.2, 0.25) is 0 Å². The Kier molecular flexibility index (Phi) is 6.11. The first-order valence-electron chi connectivity index (χ1n) is 8.67. The van der Waals surface area contributed by atoms with E-state index in [1.54, 1.807) is 26.7 Å². The molecular formula is C21H24N2O4. The number of H-pyrrole nitrogens is 1. The topological polar surface area (TPSA) is 76.6 Å². The van der Waals surface area contributed by atoms with Gasteiger partial charge in [-0.05, 0) is 41.3 Å². The smallest absolute Gasteiger partial charge is 0.161 e. The number of imidazole rings is 1. The number of methoxy groups -OCH3 is 2. The Hall–Kier alpha value is -2.83. The van der Waals surface area contributed by atoms with Gasteiger partial charge < -0.3 is 24.3 Å². The third kappa shape index (κ3) is 4.30. The zero-order valence-electron chi connectivity index (χ0n) is 15.7. The lowest BCUT2D eigenvalue weighted by molar-refractivity contribution is 0.106. The summed E-state index contributed by atoms with van der Waals surface area (Å²) in [4.78, 5) is 6.92. The molecule has 0 amide bonds. The van der Waals surface area contributed by atoms with Crippen molar-refractivity contribution in [1.29, 1.82) is 0 Å². The van der Waals surface area contributed by atoms with Gasteiger partial charge in [0.25, 0.3) is 0 Å². The highest BCUT2D eigenvalue weighted by Gasteiger charge is 2.16. The normalized spacial score (nSPS) is 12.0. The number of rotatable bonds is 8. The second-order valence-electron chi connectivity index (χ2n) is 6.22. The molecule has 27 heavy (non-hydrogen) atoms. The van der Waals surface area contributed by atoms with E-state index in [0.717, 1.165) is 22.3 Å². The quantitative estimate of drug-likeness (QED) is 0.636.